The zero-order valence-corrected chi connectivity index (χ0v) is 17.4. The third-order valence-corrected chi connectivity index (χ3v) is 5.26. The molecule has 2 heterocycles. The van der Waals surface area contributed by atoms with E-state index in [4.69, 9.17) is 0 Å². The molecule has 1 aromatic heterocycles. The van der Waals surface area contributed by atoms with Gasteiger partial charge in [-0.2, -0.15) is 18.3 Å². The zero-order valence-electron chi connectivity index (χ0n) is 17.4. The first-order valence-corrected chi connectivity index (χ1v) is 10.3. The Labute approximate surface area is 175 Å². The van der Waals surface area contributed by atoms with E-state index in [1.165, 1.54) is 17.4 Å². The number of nitrogens with one attached hydrogen (secondary N) is 1. The zero-order chi connectivity index (χ0) is 21.6. The van der Waals surface area contributed by atoms with Crippen LogP contribution in [0.1, 0.15) is 25.0 Å². The molecule has 1 aliphatic rings. The quantitative estimate of drug-likeness (QED) is 0.575. The van der Waals surface area contributed by atoms with Crippen molar-refractivity contribution in [3.8, 4) is 0 Å². The molecule has 3 rings (SSSR count). The van der Waals surface area contributed by atoms with Crippen LogP contribution in [0.4, 0.5) is 13.2 Å². The molecule has 1 unspecified atom stereocenters. The number of alkyl halides is 3. The van der Waals surface area contributed by atoms with Crippen LogP contribution in [0.3, 0.4) is 0 Å². The first-order chi connectivity index (χ1) is 14.4. The van der Waals surface area contributed by atoms with Gasteiger partial charge in [0.15, 0.2) is 5.96 Å². The molecular formula is C21H29F3N6. The van der Waals surface area contributed by atoms with Gasteiger partial charge in [-0.15, -0.1) is 0 Å². The minimum absolute atomic E-state index is 0.361. The van der Waals surface area contributed by atoms with Gasteiger partial charge in [-0.1, -0.05) is 30.3 Å². The van der Waals surface area contributed by atoms with E-state index in [0.717, 1.165) is 11.5 Å². The summed E-state index contributed by atoms with van der Waals surface area (Å²) in [7, 11) is 0. The highest BCUT2D eigenvalue weighted by atomic mass is 19.4. The molecule has 1 N–H and O–H groups in total. The maximum Gasteiger partial charge on any atom is 0.403 e. The predicted molar refractivity (Wildman–Crippen MR) is 111 cm³/mol. The van der Waals surface area contributed by atoms with Crippen LogP contribution in [0.15, 0.2) is 47.7 Å². The third-order valence-electron chi connectivity index (χ3n) is 5.26. The van der Waals surface area contributed by atoms with Gasteiger partial charge in [0.2, 0.25) is 0 Å². The standard InChI is InChI=1S/C21H29F3N6/c1-3-25-20(29-11-9-28(10-12-29)17(2)21(22,23)24)26-13-19-14-27-30(16-19)15-18-7-5-4-6-8-18/h4-8,14,16-17H,3,9-13,15H2,1-2H3,(H,25,26). The lowest BCUT2D eigenvalue weighted by atomic mass is 10.2. The molecule has 164 valence electrons. The first-order valence-electron chi connectivity index (χ1n) is 10.3. The van der Waals surface area contributed by atoms with Crippen LogP contribution in [0, 0.1) is 0 Å². The highest BCUT2D eigenvalue weighted by Crippen LogP contribution is 2.25. The lowest BCUT2D eigenvalue weighted by molar-refractivity contribution is -0.181. The minimum atomic E-state index is -4.19. The van der Waals surface area contributed by atoms with E-state index >= 15 is 0 Å². The molecule has 0 radical (unpaired) electrons. The maximum absolute atomic E-state index is 13.0. The van der Waals surface area contributed by atoms with Crippen LogP contribution in [0.25, 0.3) is 0 Å². The molecule has 1 saturated heterocycles. The van der Waals surface area contributed by atoms with Crippen LogP contribution in [-0.4, -0.2) is 70.5 Å². The van der Waals surface area contributed by atoms with E-state index in [9.17, 15) is 13.2 Å². The summed E-state index contributed by atoms with van der Waals surface area (Å²) >= 11 is 0. The minimum Gasteiger partial charge on any atom is -0.357 e. The van der Waals surface area contributed by atoms with Crippen molar-refractivity contribution in [3.05, 3.63) is 53.9 Å². The number of piperazine rings is 1. The molecule has 30 heavy (non-hydrogen) atoms. The van der Waals surface area contributed by atoms with Crippen molar-refractivity contribution in [2.24, 2.45) is 4.99 Å². The summed E-state index contributed by atoms with van der Waals surface area (Å²) in [6.07, 6.45) is -0.414. The van der Waals surface area contributed by atoms with Gasteiger partial charge in [-0.05, 0) is 19.4 Å². The van der Waals surface area contributed by atoms with Gasteiger partial charge < -0.3 is 10.2 Å². The van der Waals surface area contributed by atoms with Crippen LogP contribution >= 0.6 is 0 Å². The monoisotopic (exact) mass is 422 g/mol. The Bertz CT molecular complexity index is 810. The Morgan fingerprint density at radius 3 is 2.47 bits per heavy atom. The van der Waals surface area contributed by atoms with Gasteiger partial charge >= 0.3 is 6.18 Å². The molecule has 1 atom stereocenters. The molecule has 0 amide bonds. The fourth-order valence-corrected chi connectivity index (χ4v) is 3.47. The van der Waals surface area contributed by atoms with Crippen molar-refractivity contribution in [1.29, 1.82) is 0 Å². The largest absolute Gasteiger partial charge is 0.403 e. The van der Waals surface area contributed by atoms with Crippen molar-refractivity contribution in [3.63, 3.8) is 0 Å². The Morgan fingerprint density at radius 1 is 1.13 bits per heavy atom. The van der Waals surface area contributed by atoms with Crippen LogP contribution in [0.5, 0.6) is 0 Å². The molecule has 2 aromatic rings. The van der Waals surface area contributed by atoms with Gasteiger partial charge in [0, 0.05) is 44.5 Å². The summed E-state index contributed by atoms with van der Waals surface area (Å²) < 4.78 is 40.8. The summed E-state index contributed by atoms with van der Waals surface area (Å²) in [6, 6.07) is 8.68. The Morgan fingerprint density at radius 2 is 1.83 bits per heavy atom. The molecule has 1 aliphatic heterocycles. The average Bonchev–Trinajstić information content (AvgIpc) is 3.18. The van der Waals surface area contributed by atoms with Gasteiger partial charge in [0.05, 0.1) is 19.3 Å². The Hall–Kier alpha value is -2.55. The van der Waals surface area contributed by atoms with Crippen molar-refractivity contribution in [2.45, 2.75) is 39.2 Å². The summed E-state index contributed by atoms with van der Waals surface area (Å²) in [4.78, 5) is 8.19. The van der Waals surface area contributed by atoms with Crippen molar-refractivity contribution >= 4 is 5.96 Å². The Kier molecular flexibility index (Phi) is 7.36. The number of nitrogens with zero attached hydrogens (tertiary/aromatic N) is 5. The summed E-state index contributed by atoms with van der Waals surface area (Å²) in [6.45, 7) is 6.82. The average molecular weight is 422 g/mol. The van der Waals surface area contributed by atoms with Crippen LogP contribution in [0.2, 0.25) is 0 Å². The van der Waals surface area contributed by atoms with E-state index in [1.54, 1.807) is 6.20 Å². The van der Waals surface area contributed by atoms with Gasteiger partial charge in [0.25, 0.3) is 0 Å². The van der Waals surface area contributed by atoms with Gasteiger partial charge in [0.1, 0.15) is 6.04 Å². The number of halogens is 3. The lowest BCUT2D eigenvalue weighted by Crippen LogP contribution is -2.56. The second-order valence-corrected chi connectivity index (χ2v) is 7.44. The molecule has 0 aliphatic carbocycles. The highest BCUT2D eigenvalue weighted by Gasteiger charge is 2.41. The van der Waals surface area contributed by atoms with E-state index in [1.807, 2.05) is 40.9 Å². The molecule has 0 spiro atoms. The first kappa shape index (κ1) is 22.1. The summed E-state index contributed by atoms with van der Waals surface area (Å²) in [5.74, 6) is 0.729. The number of hydrogen-bond donors (Lipinski definition) is 1. The van der Waals surface area contributed by atoms with E-state index < -0.39 is 12.2 Å². The van der Waals surface area contributed by atoms with Gasteiger partial charge in [-0.3, -0.25) is 9.58 Å². The van der Waals surface area contributed by atoms with Crippen molar-refractivity contribution < 1.29 is 13.2 Å². The second kappa shape index (κ2) is 9.97. The summed E-state index contributed by atoms with van der Waals surface area (Å²) in [5.41, 5.74) is 2.17. The van der Waals surface area contributed by atoms with Crippen LogP contribution in [-0.2, 0) is 13.1 Å². The van der Waals surface area contributed by atoms with Crippen molar-refractivity contribution in [2.75, 3.05) is 32.7 Å². The number of benzene rings is 1. The molecule has 0 bridgehead atoms. The highest BCUT2D eigenvalue weighted by molar-refractivity contribution is 5.80. The van der Waals surface area contributed by atoms with E-state index in [0.29, 0.717) is 45.8 Å². The topological polar surface area (TPSA) is 48.7 Å². The SMILES string of the molecule is CCNC(=NCc1cnn(Cc2ccccc2)c1)N1CCN(C(C)C(F)(F)F)CC1. The number of aliphatic imine (C=N–C) groups is 1. The second-order valence-electron chi connectivity index (χ2n) is 7.44. The molecule has 1 fully saturated rings. The molecule has 6 nitrogen and oxygen atoms in total. The Balaban J connectivity index is 1.58. The smallest absolute Gasteiger partial charge is 0.357 e. The number of guanidine groups is 1. The molecule has 0 saturated carbocycles. The molecular weight excluding hydrogens is 393 g/mol. The number of rotatable bonds is 6. The fraction of sp³-hybridized carbons (Fsp3) is 0.524. The van der Waals surface area contributed by atoms with Crippen molar-refractivity contribution in [1.82, 2.24) is 24.9 Å². The van der Waals surface area contributed by atoms with Crippen LogP contribution < -0.4 is 5.32 Å². The van der Waals surface area contributed by atoms with Gasteiger partial charge in [-0.25, -0.2) is 4.99 Å². The number of hydrogen-bond acceptors (Lipinski definition) is 3. The predicted octanol–water partition coefficient (Wildman–Crippen LogP) is 2.97. The lowest BCUT2D eigenvalue weighted by Gasteiger charge is -2.39. The van der Waals surface area contributed by atoms with E-state index in [2.05, 4.69) is 27.5 Å². The normalized spacial score (nSPS) is 17.2. The maximum atomic E-state index is 13.0. The summed E-state index contributed by atoms with van der Waals surface area (Å²) in [5, 5.41) is 7.65. The van der Waals surface area contributed by atoms with E-state index in [-0.39, 0.29) is 0 Å². The molecule has 9 heteroatoms. The fourth-order valence-electron chi connectivity index (χ4n) is 3.47. The third kappa shape index (κ3) is 5.98. The number of aromatic nitrogens is 2. The molecule has 1 aromatic carbocycles.